The fraction of sp³-hybridized carbons (Fsp3) is 0.714. The largest absolute Gasteiger partial charge is 0.288 e. The van der Waals surface area contributed by atoms with Gasteiger partial charge in [0.25, 0.3) is 5.56 Å². The summed E-state index contributed by atoms with van der Waals surface area (Å²) in [5, 5.41) is 12.2. The Labute approximate surface area is 117 Å². The van der Waals surface area contributed by atoms with Gasteiger partial charge in [0.05, 0.1) is 0 Å². The number of nitrogens with zero attached hydrogens (tertiary/aromatic N) is 3. The van der Waals surface area contributed by atoms with E-state index in [4.69, 9.17) is 0 Å². The lowest BCUT2D eigenvalue weighted by Gasteiger charge is -2.25. The van der Waals surface area contributed by atoms with E-state index in [1.54, 1.807) is 6.92 Å². The Balaban J connectivity index is 1.51. The van der Waals surface area contributed by atoms with Crippen LogP contribution in [-0.2, 0) is 0 Å². The van der Waals surface area contributed by atoms with E-state index in [9.17, 15) is 4.79 Å². The van der Waals surface area contributed by atoms with Gasteiger partial charge in [0.2, 0.25) is 5.95 Å². The molecule has 0 aromatic carbocycles. The molecule has 2 bridgehead atoms. The van der Waals surface area contributed by atoms with Gasteiger partial charge in [0.15, 0.2) is 0 Å². The lowest BCUT2D eigenvalue weighted by Crippen LogP contribution is -2.25. The molecular formula is C14H19N5O. The summed E-state index contributed by atoms with van der Waals surface area (Å²) in [6.07, 6.45) is 6.60. The first-order chi connectivity index (χ1) is 9.72. The van der Waals surface area contributed by atoms with Gasteiger partial charge in [-0.3, -0.25) is 9.78 Å². The molecule has 0 aliphatic heterocycles. The predicted octanol–water partition coefficient (Wildman–Crippen LogP) is 1.70. The van der Waals surface area contributed by atoms with Crippen molar-refractivity contribution in [3.8, 4) is 0 Å². The van der Waals surface area contributed by atoms with Crippen molar-refractivity contribution in [3.05, 3.63) is 16.0 Å². The number of nitrogens with one attached hydrogen (secondary N) is 2. The first-order valence-corrected chi connectivity index (χ1v) is 7.48. The van der Waals surface area contributed by atoms with Gasteiger partial charge in [-0.2, -0.15) is 5.10 Å². The van der Waals surface area contributed by atoms with Crippen LogP contribution >= 0.6 is 0 Å². The molecule has 3 aliphatic carbocycles. The molecule has 0 amide bonds. The van der Waals surface area contributed by atoms with E-state index in [2.05, 4.69) is 25.7 Å². The van der Waals surface area contributed by atoms with Gasteiger partial charge in [-0.25, -0.2) is 5.43 Å². The van der Waals surface area contributed by atoms with Crippen molar-refractivity contribution >= 4 is 11.7 Å². The van der Waals surface area contributed by atoms with Crippen LogP contribution in [0, 0.1) is 30.6 Å². The summed E-state index contributed by atoms with van der Waals surface area (Å²) in [6, 6.07) is 0. The molecule has 0 saturated heterocycles. The van der Waals surface area contributed by atoms with Crippen molar-refractivity contribution in [1.29, 1.82) is 0 Å². The van der Waals surface area contributed by atoms with Crippen molar-refractivity contribution in [2.45, 2.75) is 39.0 Å². The molecule has 2 N–H and O–H groups in total. The summed E-state index contributed by atoms with van der Waals surface area (Å²) in [5.74, 6) is 3.65. The zero-order valence-corrected chi connectivity index (χ0v) is 11.6. The van der Waals surface area contributed by atoms with E-state index in [1.807, 2.05) is 0 Å². The Kier molecular flexibility index (Phi) is 2.65. The molecule has 106 valence electrons. The molecule has 0 spiro atoms. The molecule has 3 saturated carbocycles. The van der Waals surface area contributed by atoms with Crippen molar-refractivity contribution in [3.63, 3.8) is 0 Å². The summed E-state index contributed by atoms with van der Waals surface area (Å²) in [5.41, 5.74) is 4.30. The quantitative estimate of drug-likeness (QED) is 0.803. The molecule has 4 rings (SSSR count). The van der Waals surface area contributed by atoms with E-state index in [-0.39, 0.29) is 5.56 Å². The summed E-state index contributed by atoms with van der Waals surface area (Å²) >= 11 is 0. The second kappa shape index (κ2) is 4.40. The predicted molar refractivity (Wildman–Crippen MR) is 75.5 cm³/mol. The smallest absolute Gasteiger partial charge is 0.274 e. The second-order valence-electron chi connectivity index (χ2n) is 6.37. The van der Waals surface area contributed by atoms with Crippen LogP contribution in [0.1, 0.15) is 37.8 Å². The van der Waals surface area contributed by atoms with Crippen LogP contribution < -0.4 is 11.0 Å². The van der Waals surface area contributed by atoms with Crippen LogP contribution in [0.3, 0.4) is 0 Å². The molecule has 1 aromatic heterocycles. The van der Waals surface area contributed by atoms with Gasteiger partial charge >= 0.3 is 0 Å². The monoisotopic (exact) mass is 273 g/mol. The van der Waals surface area contributed by atoms with Gasteiger partial charge in [-0.1, -0.05) is 6.42 Å². The minimum absolute atomic E-state index is 0.216. The van der Waals surface area contributed by atoms with E-state index in [0.717, 1.165) is 24.2 Å². The number of rotatable bonds is 2. The highest BCUT2D eigenvalue weighted by molar-refractivity contribution is 5.90. The van der Waals surface area contributed by atoms with Gasteiger partial charge < -0.3 is 0 Å². The molecule has 0 radical (unpaired) electrons. The highest BCUT2D eigenvalue weighted by Gasteiger charge is 2.52. The van der Waals surface area contributed by atoms with Crippen LogP contribution in [0.2, 0.25) is 0 Å². The van der Waals surface area contributed by atoms with Crippen molar-refractivity contribution < 1.29 is 0 Å². The minimum atomic E-state index is -0.216. The molecule has 3 aliphatic rings. The van der Waals surface area contributed by atoms with E-state index in [0.29, 0.717) is 17.6 Å². The van der Waals surface area contributed by atoms with Crippen LogP contribution in [0.4, 0.5) is 5.95 Å². The third kappa shape index (κ3) is 1.77. The molecule has 6 heteroatoms. The Hall–Kier alpha value is -1.72. The Morgan fingerprint density at radius 1 is 1.30 bits per heavy atom. The maximum absolute atomic E-state index is 11.5. The molecular weight excluding hydrogens is 254 g/mol. The summed E-state index contributed by atoms with van der Waals surface area (Å²) in [6.45, 7) is 1.64. The molecule has 1 aromatic rings. The maximum Gasteiger partial charge on any atom is 0.274 e. The normalized spacial score (nSPS) is 36.5. The number of fused-ring (bicyclic) bond motifs is 5. The van der Waals surface area contributed by atoms with Gasteiger partial charge in [0, 0.05) is 11.6 Å². The van der Waals surface area contributed by atoms with Crippen LogP contribution in [-0.4, -0.2) is 20.9 Å². The standard InChI is InChI=1S/C14H19N5O/c1-7-13(20)15-14(18-16-7)19-17-12-6-8-5-11(12)10-4-2-3-9(8)10/h8-11H,2-6H2,1H3,(H2,15,18,19,20)/b17-12+. The molecule has 3 fully saturated rings. The first-order valence-electron chi connectivity index (χ1n) is 7.48. The number of hydrogen-bond donors (Lipinski definition) is 2. The molecule has 4 atom stereocenters. The molecule has 6 nitrogen and oxygen atoms in total. The number of aryl methyl sites for hydroxylation is 1. The fourth-order valence-corrected chi connectivity index (χ4v) is 4.51. The second-order valence-corrected chi connectivity index (χ2v) is 6.37. The topological polar surface area (TPSA) is 83.0 Å². The average Bonchev–Trinajstić information content (AvgIpc) is 3.11. The number of anilines is 1. The number of hydrazone groups is 1. The Morgan fingerprint density at radius 3 is 3.00 bits per heavy atom. The number of aromatic nitrogens is 3. The zero-order chi connectivity index (χ0) is 13.7. The molecule has 4 unspecified atom stereocenters. The zero-order valence-electron chi connectivity index (χ0n) is 11.6. The van der Waals surface area contributed by atoms with Crippen LogP contribution in [0.5, 0.6) is 0 Å². The lowest BCUT2D eigenvalue weighted by atomic mass is 9.81. The summed E-state index contributed by atoms with van der Waals surface area (Å²) in [7, 11) is 0. The first kappa shape index (κ1) is 12.1. The summed E-state index contributed by atoms with van der Waals surface area (Å²) in [4.78, 5) is 14.1. The highest BCUT2D eigenvalue weighted by atomic mass is 16.1. The SMILES string of the molecule is Cc1nnc(N/N=C2\CC3CC2C2CCCC32)[nH]c1=O. The van der Waals surface area contributed by atoms with Crippen molar-refractivity contribution in [1.82, 2.24) is 15.2 Å². The number of H-pyrrole nitrogens is 1. The van der Waals surface area contributed by atoms with Gasteiger partial charge in [-0.15, -0.1) is 10.2 Å². The Morgan fingerprint density at radius 2 is 2.15 bits per heavy atom. The minimum Gasteiger partial charge on any atom is -0.288 e. The maximum atomic E-state index is 11.5. The van der Waals surface area contributed by atoms with E-state index in [1.165, 1.54) is 31.4 Å². The van der Waals surface area contributed by atoms with Crippen LogP contribution in [0.15, 0.2) is 9.90 Å². The Bertz CT molecular complexity index is 622. The average molecular weight is 273 g/mol. The van der Waals surface area contributed by atoms with Gasteiger partial charge in [-0.05, 0) is 50.4 Å². The van der Waals surface area contributed by atoms with Crippen molar-refractivity contribution in [2.24, 2.45) is 28.8 Å². The van der Waals surface area contributed by atoms with E-state index < -0.39 is 0 Å². The van der Waals surface area contributed by atoms with E-state index >= 15 is 0 Å². The third-order valence-corrected chi connectivity index (χ3v) is 5.37. The fourth-order valence-electron chi connectivity index (χ4n) is 4.51. The summed E-state index contributed by atoms with van der Waals surface area (Å²) < 4.78 is 0. The lowest BCUT2D eigenvalue weighted by molar-refractivity contribution is 0.333. The number of hydrogen-bond acceptors (Lipinski definition) is 5. The van der Waals surface area contributed by atoms with Crippen LogP contribution in [0.25, 0.3) is 0 Å². The van der Waals surface area contributed by atoms with Crippen molar-refractivity contribution in [2.75, 3.05) is 5.43 Å². The molecule has 20 heavy (non-hydrogen) atoms. The van der Waals surface area contributed by atoms with Gasteiger partial charge in [0.1, 0.15) is 5.69 Å². The molecule has 1 heterocycles. The third-order valence-electron chi connectivity index (χ3n) is 5.37. The highest BCUT2D eigenvalue weighted by Crippen LogP contribution is 2.57. The number of aromatic amines is 1.